The normalized spacial score (nSPS) is 22.2. The number of aromatic amines is 2. The zero-order valence-corrected chi connectivity index (χ0v) is 23.2. The Kier molecular flexibility index (Phi) is 6.91. The molecule has 0 spiro atoms. The molecule has 206 valence electrons. The number of H-pyrrole nitrogens is 2. The summed E-state index contributed by atoms with van der Waals surface area (Å²) in [7, 11) is 0. The molecule has 1 unspecified atom stereocenters. The standard InChI is InChI=1S/C31H41N7O/c1-2-36-15-7-8-24(21-36)39-28-10-6-9-25-29(28)34-35-30(25)31-32-26-12-11-23(20-27(26)33-31)38-18-13-22(14-19-38)37-16-4-3-5-17-37/h6,9-12,20,22,24H,2-5,7-8,13-19,21H2,1H3,(H,32,33)(H,34,35). The molecule has 7 rings (SSSR count). The van der Waals surface area contributed by atoms with Crippen molar-refractivity contribution in [2.75, 3.05) is 50.7 Å². The molecule has 0 bridgehead atoms. The number of ether oxygens (including phenoxy) is 1. The zero-order valence-electron chi connectivity index (χ0n) is 23.2. The molecule has 2 aromatic carbocycles. The molecule has 0 radical (unpaired) electrons. The molecule has 0 aliphatic carbocycles. The molecule has 1 atom stereocenters. The van der Waals surface area contributed by atoms with Gasteiger partial charge in [0.15, 0.2) is 5.82 Å². The van der Waals surface area contributed by atoms with Gasteiger partial charge in [-0.25, -0.2) is 4.98 Å². The maximum atomic E-state index is 6.49. The fourth-order valence-corrected chi connectivity index (χ4v) is 6.95. The number of nitrogens with one attached hydrogen (secondary N) is 2. The molecule has 4 aromatic rings. The number of rotatable bonds is 6. The Hall–Kier alpha value is -3.10. The van der Waals surface area contributed by atoms with E-state index in [1.807, 2.05) is 0 Å². The average molecular weight is 528 g/mol. The quantitative estimate of drug-likeness (QED) is 0.349. The molecule has 3 fully saturated rings. The predicted octanol–water partition coefficient (Wildman–Crippen LogP) is 5.42. The minimum atomic E-state index is 0.214. The van der Waals surface area contributed by atoms with Crippen molar-refractivity contribution >= 4 is 27.6 Å². The molecule has 3 saturated heterocycles. The van der Waals surface area contributed by atoms with E-state index in [0.29, 0.717) is 0 Å². The Bertz CT molecular complexity index is 1410. The number of fused-ring (bicyclic) bond motifs is 2. The highest BCUT2D eigenvalue weighted by Crippen LogP contribution is 2.33. The van der Waals surface area contributed by atoms with Crippen LogP contribution in [0.15, 0.2) is 36.4 Å². The van der Waals surface area contributed by atoms with Gasteiger partial charge in [0.05, 0.1) is 11.0 Å². The fraction of sp³-hybridized carbons (Fsp3) is 0.548. The summed E-state index contributed by atoms with van der Waals surface area (Å²) in [5.41, 5.74) is 5.10. The van der Waals surface area contributed by atoms with Crippen molar-refractivity contribution in [2.45, 2.75) is 64.0 Å². The van der Waals surface area contributed by atoms with Crippen LogP contribution in [0, 0.1) is 0 Å². The van der Waals surface area contributed by atoms with Gasteiger partial charge in [-0.15, -0.1) is 0 Å². The predicted molar refractivity (Wildman–Crippen MR) is 158 cm³/mol. The van der Waals surface area contributed by atoms with Crippen LogP contribution < -0.4 is 9.64 Å². The van der Waals surface area contributed by atoms with Crippen LogP contribution in [0.3, 0.4) is 0 Å². The first kappa shape index (κ1) is 24.9. The molecule has 8 nitrogen and oxygen atoms in total. The first-order valence-corrected chi connectivity index (χ1v) is 15.1. The highest BCUT2D eigenvalue weighted by atomic mass is 16.5. The van der Waals surface area contributed by atoms with Crippen LogP contribution >= 0.6 is 0 Å². The van der Waals surface area contributed by atoms with Crippen molar-refractivity contribution in [1.29, 1.82) is 0 Å². The number of piperidine rings is 3. The molecule has 2 N–H and O–H groups in total. The minimum absolute atomic E-state index is 0.214. The highest BCUT2D eigenvalue weighted by Gasteiger charge is 2.26. The SMILES string of the molecule is CCN1CCCC(Oc2cccc3c(-c4nc5ccc(N6CCC(N7CCCCC7)CC6)cc5[nH]4)n[nH]c23)C1. The van der Waals surface area contributed by atoms with E-state index in [1.165, 1.54) is 63.8 Å². The fourth-order valence-electron chi connectivity index (χ4n) is 6.95. The second-order valence-electron chi connectivity index (χ2n) is 11.6. The second-order valence-corrected chi connectivity index (χ2v) is 11.6. The number of hydrogen-bond donors (Lipinski definition) is 2. The smallest absolute Gasteiger partial charge is 0.159 e. The van der Waals surface area contributed by atoms with E-state index in [9.17, 15) is 0 Å². The molecule has 0 amide bonds. The van der Waals surface area contributed by atoms with E-state index in [-0.39, 0.29) is 6.10 Å². The first-order chi connectivity index (χ1) is 19.2. The third-order valence-electron chi connectivity index (χ3n) is 9.19. The molecule has 2 aromatic heterocycles. The number of anilines is 1. The maximum absolute atomic E-state index is 6.49. The van der Waals surface area contributed by atoms with Gasteiger partial charge in [-0.3, -0.25) is 10.00 Å². The monoisotopic (exact) mass is 527 g/mol. The summed E-state index contributed by atoms with van der Waals surface area (Å²) in [6.45, 7) is 10.3. The van der Waals surface area contributed by atoms with Crippen LogP contribution in [0.25, 0.3) is 33.5 Å². The van der Waals surface area contributed by atoms with E-state index in [0.717, 1.165) is 77.8 Å². The van der Waals surface area contributed by atoms with Crippen molar-refractivity contribution in [3.63, 3.8) is 0 Å². The van der Waals surface area contributed by atoms with Gasteiger partial charge in [-0.2, -0.15) is 5.10 Å². The summed E-state index contributed by atoms with van der Waals surface area (Å²) in [4.78, 5) is 16.2. The summed E-state index contributed by atoms with van der Waals surface area (Å²) < 4.78 is 6.49. The van der Waals surface area contributed by atoms with Crippen LogP contribution in [0.4, 0.5) is 5.69 Å². The van der Waals surface area contributed by atoms with Gasteiger partial charge >= 0.3 is 0 Å². The van der Waals surface area contributed by atoms with E-state index in [1.54, 1.807) is 0 Å². The third kappa shape index (κ3) is 5.00. The molecule has 0 saturated carbocycles. The Morgan fingerprint density at radius 3 is 2.67 bits per heavy atom. The van der Waals surface area contributed by atoms with Crippen LogP contribution in [0.1, 0.15) is 51.9 Å². The molecule has 3 aliphatic rings. The molecular formula is C31H41N7O. The molecule has 5 heterocycles. The number of likely N-dealkylation sites (tertiary alicyclic amines) is 2. The number of imidazole rings is 1. The first-order valence-electron chi connectivity index (χ1n) is 15.1. The van der Waals surface area contributed by atoms with Gasteiger partial charge in [-0.05, 0) is 89.0 Å². The van der Waals surface area contributed by atoms with Gasteiger partial charge < -0.3 is 19.5 Å². The summed E-state index contributed by atoms with van der Waals surface area (Å²) in [5.74, 6) is 1.67. The maximum Gasteiger partial charge on any atom is 0.159 e. The zero-order chi connectivity index (χ0) is 26.2. The summed E-state index contributed by atoms with van der Waals surface area (Å²) in [5, 5.41) is 8.97. The van der Waals surface area contributed by atoms with Crippen molar-refractivity contribution in [3.05, 3.63) is 36.4 Å². The van der Waals surface area contributed by atoms with Gasteiger partial charge in [-0.1, -0.05) is 25.5 Å². The van der Waals surface area contributed by atoms with Gasteiger partial charge in [0.2, 0.25) is 0 Å². The van der Waals surface area contributed by atoms with Crippen LogP contribution in [-0.2, 0) is 0 Å². The van der Waals surface area contributed by atoms with Crippen molar-refractivity contribution < 1.29 is 4.74 Å². The number of para-hydroxylation sites is 1. The Morgan fingerprint density at radius 2 is 1.82 bits per heavy atom. The van der Waals surface area contributed by atoms with E-state index >= 15 is 0 Å². The minimum Gasteiger partial charge on any atom is -0.487 e. The number of likely N-dealkylation sites (N-methyl/N-ethyl adjacent to an activating group) is 1. The Balaban J connectivity index is 1.08. The lowest BCUT2D eigenvalue weighted by atomic mass is 9.99. The second kappa shape index (κ2) is 10.8. The Morgan fingerprint density at radius 1 is 0.949 bits per heavy atom. The highest BCUT2D eigenvalue weighted by molar-refractivity contribution is 5.96. The van der Waals surface area contributed by atoms with E-state index in [2.05, 4.69) is 73.2 Å². The molecule has 3 aliphatic heterocycles. The lowest BCUT2D eigenvalue weighted by Gasteiger charge is -2.41. The van der Waals surface area contributed by atoms with Crippen molar-refractivity contribution in [1.82, 2.24) is 30.0 Å². The van der Waals surface area contributed by atoms with E-state index in [4.69, 9.17) is 9.72 Å². The summed E-state index contributed by atoms with van der Waals surface area (Å²) in [6, 6.07) is 13.6. The number of hydrogen-bond acceptors (Lipinski definition) is 6. The molecular weight excluding hydrogens is 486 g/mol. The average Bonchev–Trinajstić information content (AvgIpc) is 3.62. The van der Waals surface area contributed by atoms with Gasteiger partial charge in [0, 0.05) is 36.7 Å². The number of benzene rings is 2. The largest absolute Gasteiger partial charge is 0.487 e. The van der Waals surface area contributed by atoms with E-state index < -0.39 is 0 Å². The molecule has 39 heavy (non-hydrogen) atoms. The lowest BCUT2D eigenvalue weighted by molar-refractivity contribution is 0.0930. The lowest BCUT2D eigenvalue weighted by Crippen LogP contribution is -2.46. The van der Waals surface area contributed by atoms with Crippen LogP contribution in [0.2, 0.25) is 0 Å². The van der Waals surface area contributed by atoms with Gasteiger partial charge in [0.25, 0.3) is 0 Å². The summed E-state index contributed by atoms with van der Waals surface area (Å²) in [6.07, 6.45) is 9.15. The van der Waals surface area contributed by atoms with Gasteiger partial charge in [0.1, 0.15) is 23.1 Å². The van der Waals surface area contributed by atoms with Crippen LogP contribution in [0.5, 0.6) is 5.75 Å². The van der Waals surface area contributed by atoms with Crippen LogP contribution in [-0.4, -0.2) is 87.9 Å². The van der Waals surface area contributed by atoms with Crippen molar-refractivity contribution in [3.8, 4) is 17.3 Å². The van der Waals surface area contributed by atoms with Crippen molar-refractivity contribution in [2.24, 2.45) is 0 Å². The molecule has 8 heteroatoms. The number of nitrogens with zero attached hydrogens (tertiary/aromatic N) is 5. The topological polar surface area (TPSA) is 76.3 Å². The third-order valence-corrected chi connectivity index (χ3v) is 9.19. The summed E-state index contributed by atoms with van der Waals surface area (Å²) >= 11 is 0. The Labute approximate surface area is 230 Å². The number of aromatic nitrogens is 4.